The van der Waals surface area contributed by atoms with Gasteiger partial charge < -0.3 is 24.3 Å². The number of imidazole rings is 2. The Bertz CT molecular complexity index is 2210. The van der Waals surface area contributed by atoms with Gasteiger partial charge in [-0.15, -0.1) is 0 Å². The fourth-order valence-corrected chi connectivity index (χ4v) is 6.32. The highest BCUT2D eigenvalue weighted by Gasteiger charge is 2.23. The molecule has 0 radical (unpaired) electrons. The van der Waals surface area contributed by atoms with Crippen molar-refractivity contribution in [1.29, 1.82) is 0 Å². The number of carbonyl (C=O) groups is 2. The molecule has 2 aromatic heterocycles. The molecule has 0 spiro atoms. The summed E-state index contributed by atoms with van der Waals surface area (Å²) < 4.78 is 44.3. The number of rotatable bonds is 4. The minimum Gasteiger partial charge on any atom is -0.465 e. The second-order valence-electron chi connectivity index (χ2n) is 10.3. The molecule has 49 heavy (non-hydrogen) atoms. The zero-order chi connectivity index (χ0) is 36.2. The van der Waals surface area contributed by atoms with E-state index in [0.29, 0.717) is 21.6 Å². The Morgan fingerprint density at radius 1 is 0.816 bits per heavy atom. The monoisotopic (exact) mass is 949 g/mol. The first-order chi connectivity index (χ1) is 23.2. The van der Waals surface area contributed by atoms with Gasteiger partial charge in [0.1, 0.15) is 11.0 Å². The van der Waals surface area contributed by atoms with Crippen molar-refractivity contribution in [2.45, 2.75) is 6.42 Å². The van der Waals surface area contributed by atoms with Gasteiger partial charge in [0.2, 0.25) is 0 Å². The summed E-state index contributed by atoms with van der Waals surface area (Å²) in [4.78, 5) is 31.4. The number of hydrogen-bond acceptors (Lipinski definition) is 7. The lowest BCUT2D eigenvalue weighted by Crippen LogP contribution is -2.09. The molecule has 256 valence electrons. The zero-order valence-electron chi connectivity index (χ0n) is 26.1. The third kappa shape index (κ3) is 8.71. The zero-order valence-corrected chi connectivity index (χ0v) is 33.0. The van der Waals surface area contributed by atoms with E-state index < -0.39 is 23.6 Å². The Balaban J connectivity index is 0.000000185. The van der Waals surface area contributed by atoms with E-state index in [-0.39, 0.29) is 39.8 Å². The second-order valence-corrected chi connectivity index (χ2v) is 14.1. The first-order valence-corrected chi connectivity index (χ1v) is 17.3. The summed E-state index contributed by atoms with van der Waals surface area (Å²) in [5.41, 5.74) is 7.76. The minimum atomic E-state index is -0.696. The SMILES string of the molecule is COC(=O)c1cc2c(ncn2C)c(F)c1Cc1ccc(Br)cc1Cl.COC(=O)c1cc2c(ncn2C)c(F)c1N.Clc1cc(Br)ccc1I. The summed E-state index contributed by atoms with van der Waals surface area (Å²) >= 11 is 20.8. The van der Waals surface area contributed by atoms with Crippen LogP contribution in [-0.4, -0.2) is 45.3 Å². The quantitative estimate of drug-likeness (QED) is 0.0812. The van der Waals surface area contributed by atoms with Gasteiger partial charge in [0, 0.05) is 43.6 Å². The van der Waals surface area contributed by atoms with Gasteiger partial charge in [0.15, 0.2) is 11.6 Å². The first-order valence-electron chi connectivity index (χ1n) is 13.9. The number of anilines is 1. The largest absolute Gasteiger partial charge is 0.465 e. The lowest BCUT2D eigenvalue weighted by molar-refractivity contribution is 0.0591. The number of ether oxygens (including phenoxy) is 2. The highest BCUT2D eigenvalue weighted by Crippen LogP contribution is 2.30. The summed E-state index contributed by atoms with van der Waals surface area (Å²) in [6.45, 7) is 0. The first kappa shape index (κ1) is 38.5. The van der Waals surface area contributed by atoms with Crippen LogP contribution in [0.5, 0.6) is 0 Å². The molecule has 16 heteroatoms. The highest BCUT2D eigenvalue weighted by molar-refractivity contribution is 14.1. The molecule has 6 rings (SSSR count). The van der Waals surface area contributed by atoms with Gasteiger partial charge >= 0.3 is 11.9 Å². The molecule has 0 amide bonds. The Kier molecular flexibility index (Phi) is 13.0. The van der Waals surface area contributed by atoms with Crippen molar-refractivity contribution in [3.8, 4) is 0 Å². The Morgan fingerprint density at radius 2 is 1.31 bits per heavy atom. The number of nitrogens with zero attached hydrogens (tertiary/aromatic N) is 4. The fraction of sp³-hybridized carbons (Fsp3) is 0.152. The number of nitrogens with two attached hydrogens (primary N) is 1. The maximum atomic E-state index is 15.0. The highest BCUT2D eigenvalue weighted by atomic mass is 127. The third-order valence-corrected chi connectivity index (χ3v) is 10.0. The van der Waals surface area contributed by atoms with Crippen LogP contribution in [0.2, 0.25) is 10.0 Å². The molecular formula is C33H26Br2Cl2F2IN5O4. The van der Waals surface area contributed by atoms with Crippen LogP contribution >= 0.6 is 77.7 Å². The molecular weight excluding hydrogens is 926 g/mol. The molecule has 0 bridgehead atoms. The van der Waals surface area contributed by atoms with Gasteiger partial charge in [0.05, 0.1) is 59.7 Å². The smallest absolute Gasteiger partial charge is 0.340 e. The van der Waals surface area contributed by atoms with Gasteiger partial charge in [0.25, 0.3) is 0 Å². The minimum absolute atomic E-state index is 0.0103. The van der Waals surface area contributed by atoms with E-state index in [4.69, 9.17) is 33.7 Å². The summed E-state index contributed by atoms with van der Waals surface area (Å²) in [5.74, 6) is -2.49. The van der Waals surface area contributed by atoms with E-state index in [1.807, 2.05) is 24.3 Å². The molecule has 0 unspecified atom stereocenters. The van der Waals surface area contributed by atoms with E-state index in [9.17, 15) is 14.0 Å². The van der Waals surface area contributed by atoms with Crippen LogP contribution in [0.15, 0.2) is 70.1 Å². The average Bonchev–Trinajstić information content (AvgIpc) is 3.64. The Morgan fingerprint density at radius 3 is 1.82 bits per heavy atom. The number of carbonyl (C=O) groups excluding carboxylic acids is 2. The van der Waals surface area contributed by atoms with E-state index >= 15 is 4.39 Å². The molecule has 0 aliphatic rings. The topological polar surface area (TPSA) is 114 Å². The van der Waals surface area contributed by atoms with Gasteiger partial charge in [-0.25, -0.2) is 28.3 Å². The van der Waals surface area contributed by atoms with Gasteiger partial charge in [-0.1, -0.05) is 61.1 Å². The average molecular weight is 952 g/mol. The van der Waals surface area contributed by atoms with Crippen LogP contribution in [0.4, 0.5) is 14.5 Å². The van der Waals surface area contributed by atoms with E-state index in [1.54, 1.807) is 41.4 Å². The molecule has 0 saturated carbocycles. The van der Waals surface area contributed by atoms with Crippen molar-refractivity contribution in [2.24, 2.45) is 14.1 Å². The lowest BCUT2D eigenvalue weighted by Gasteiger charge is -2.12. The second kappa shape index (κ2) is 16.6. The molecule has 6 aromatic rings. The molecule has 9 nitrogen and oxygen atoms in total. The number of nitrogen functional groups attached to an aromatic ring is 1. The number of benzene rings is 4. The van der Waals surface area contributed by atoms with Crippen LogP contribution in [-0.2, 0) is 30.0 Å². The fourth-order valence-electron chi connectivity index (χ4n) is 4.57. The number of fused-ring (bicyclic) bond motifs is 2. The summed E-state index contributed by atoms with van der Waals surface area (Å²) in [7, 11) is 5.92. The molecule has 2 N–H and O–H groups in total. The van der Waals surface area contributed by atoms with E-state index in [1.165, 1.54) is 32.9 Å². The Hall–Kier alpha value is -3.31. The van der Waals surface area contributed by atoms with Crippen LogP contribution in [0.25, 0.3) is 22.1 Å². The van der Waals surface area contributed by atoms with Gasteiger partial charge in [-0.05, 0) is 70.6 Å². The molecule has 0 aliphatic carbocycles. The van der Waals surface area contributed by atoms with Gasteiger partial charge in [-0.2, -0.15) is 0 Å². The third-order valence-electron chi connectivity index (χ3n) is 7.13. The number of methoxy groups -OCH3 is 2. The molecule has 0 fully saturated rings. The van der Waals surface area contributed by atoms with Crippen molar-refractivity contribution in [3.05, 3.63) is 118 Å². The van der Waals surface area contributed by atoms with Crippen molar-refractivity contribution >= 4 is 117 Å². The maximum absolute atomic E-state index is 15.0. The number of esters is 2. The van der Waals surface area contributed by atoms with Gasteiger partial charge in [-0.3, -0.25) is 0 Å². The predicted molar refractivity (Wildman–Crippen MR) is 202 cm³/mol. The molecule has 0 aliphatic heterocycles. The standard InChI is InChI=1S/C17H13BrClFN2O2.C10H10FN3O2.C6H3BrClI/c1-22-8-21-16-14(22)7-12(17(23)24-2)11(15(16)20)5-9-3-4-10(18)6-13(9)19;1-14-4-13-9-6(14)3-5(10(15)16-2)8(12)7(9)11;7-4-1-2-6(9)5(8)3-4/h3-4,6-8H,5H2,1-2H3;3-4H,12H2,1-2H3;1-3H. The van der Waals surface area contributed by atoms with Crippen molar-refractivity contribution in [2.75, 3.05) is 20.0 Å². The molecule has 0 saturated heterocycles. The van der Waals surface area contributed by atoms with E-state index in [0.717, 1.165) is 17.5 Å². The normalized spacial score (nSPS) is 10.7. The van der Waals surface area contributed by atoms with Crippen molar-refractivity contribution in [1.82, 2.24) is 19.1 Å². The van der Waals surface area contributed by atoms with Crippen molar-refractivity contribution in [3.63, 3.8) is 0 Å². The van der Waals surface area contributed by atoms with Crippen LogP contribution < -0.4 is 5.73 Å². The van der Waals surface area contributed by atoms with Crippen LogP contribution in [0, 0.1) is 15.2 Å². The summed E-state index contributed by atoms with van der Waals surface area (Å²) in [5, 5.41) is 1.28. The summed E-state index contributed by atoms with van der Waals surface area (Å²) in [6, 6.07) is 14.2. The summed E-state index contributed by atoms with van der Waals surface area (Å²) in [6.07, 6.45) is 3.12. The number of aryl methyl sites for hydroxylation is 2. The predicted octanol–water partition coefficient (Wildman–Crippen LogP) is 9.29. The molecule has 4 aromatic carbocycles. The Labute approximate surface area is 320 Å². The van der Waals surface area contributed by atoms with Crippen molar-refractivity contribution < 1.29 is 27.8 Å². The lowest BCUT2D eigenvalue weighted by atomic mass is 9.98. The maximum Gasteiger partial charge on any atom is 0.340 e. The molecule has 0 atom stereocenters. The number of halogens is 7. The molecule has 2 heterocycles. The van der Waals surface area contributed by atoms with Crippen LogP contribution in [0.1, 0.15) is 31.8 Å². The van der Waals surface area contributed by atoms with E-state index in [2.05, 4.69) is 69.2 Å². The van der Waals surface area contributed by atoms with Crippen LogP contribution in [0.3, 0.4) is 0 Å². The number of hydrogen-bond donors (Lipinski definition) is 1. The number of aromatic nitrogens is 4.